The molecule has 156 valence electrons. The van der Waals surface area contributed by atoms with Gasteiger partial charge in [0.15, 0.2) is 6.10 Å². The van der Waals surface area contributed by atoms with Crippen molar-refractivity contribution in [3.8, 4) is 5.75 Å². The number of nitrogens with zero attached hydrogens (tertiary/aromatic N) is 1. The molecule has 0 saturated carbocycles. The minimum absolute atomic E-state index is 0.0950. The maximum Gasteiger partial charge on any atom is 0.261 e. The number of nitrogens with one attached hydrogen (secondary N) is 1. The van der Waals surface area contributed by atoms with Gasteiger partial charge < -0.3 is 10.1 Å². The number of ether oxygens (including phenoxy) is 1. The van der Waals surface area contributed by atoms with E-state index in [9.17, 15) is 4.79 Å². The molecule has 2 aromatic carbocycles. The predicted molar refractivity (Wildman–Crippen MR) is 118 cm³/mol. The average molecular weight is 395 g/mol. The molecular weight excluding hydrogens is 360 g/mol. The van der Waals surface area contributed by atoms with Gasteiger partial charge in [0, 0.05) is 13.1 Å². The highest BCUT2D eigenvalue weighted by Crippen LogP contribution is 2.28. The van der Waals surface area contributed by atoms with E-state index in [0.29, 0.717) is 12.5 Å². The van der Waals surface area contributed by atoms with Crippen LogP contribution in [0.2, 0.25) is 0 Å². The van der Waals surface area contributed by atoms with Gasteiger partial charge in [-0.05, 0) is 74.0 Å². The number of benzene rings is 2. The highest BCUT2D eigenvalue weighted by molar-refractivity contribution is 5.80. The maximum atomic E-state index is 12.5. The van der Waals surface area contributed by atoms with Gasteiger partial charge in [0.1, 0.15) is 5.75 Å². The molecule has 2 aromatic rings. The number of carbonyl (C=O) groups excluding carboxylic acids is 1. The van der Waals surface area contributed by atoms with Crippen LogP contribution in [0.5, 0.6) is 5.75 Å². The summed E-state index contributed by atoms with van der Waals surface area (Å²) in [6.45, 7) is 12.1. The van der Waals surface area contributed by atoms with E-state index in [2.05, 4.69) is 60.5 Å². The monoisotopic (exact) mass is 394 g/mol. The second kappa shape index (κ2) is 9.93. The minimum atomic E-state index is -0.538. The van der Waals surface area contributed by atoms with E-state index in [1.165, 1.54) is 31.5 Å². The number of amides is 1. The van der Waals surface area contributed by atoms with Gasteiger partial charge in [-0.3, -0.25) is 9.69 Å². The van der Waals surface area contributed by atoms with E-state index in [4.69, 9.17) is 4.74 Å². The Bertz CT molecular complexity index is 808. The standard InChI is InChI=1S/C25H34N2O2/c1-18(2)23-12-7-19(3)15-24(23)29-20(4)25(28)26-16-21-8-10-22(11-9-21)17-27-13-5-6-14-27/h7-12,15,18,20H,5-6,13-14,16-17H2,1-4H3,(H,26,28). The van der Waals surface area contributed by atoms with Gasteiger partial charge in [-0.1, -0.05) is 50.2 Å². The van der Waals surface area contributed by atoms with Gasteiger partial charge in [-0.15, -0.1) is 0 Å². The zero-order valence-electron chi connectivity index (χ0n) is 18.2. The molecule has 0 radical (unpaired) electrons. The number of rotatable bonds is 8. The summed E-state index contributed by atoms with van der Waals surface area (Å²) in [6.07, 6.45) is 2.08. The Morgan fingerprint density at radius 1 is 1.03 bits per heavy atom. The summed E-state index contributed by atoms with van der Waals surface area (Å²) in [5.74, 6) is 1.05. The van der Waals surface area contributed by atoms with E-state index in [-0.39, 0.29) is 5.91 Å². The second-order valence-electron chi connectivity index (χ2n) is 8.47. The Balaban J connectivity index is 1.52. The topological polar surface area (TPSA) is 41.6 Å². The fourth-order valence-corrected chi connectivity index (χ4v) is 3.76. The molecule has 1 atom stereocenters. The second-order valence-corrected chi connectivity index (χ2v) is 8.47. The van der Waals surface area contributed by atoms with Crippen LogP contribution < -0.4 is 10.1 Å². The summed E-state index contributed by atoms with van der Waals surface area (Å²) in [6, 6.07) is 14.7. The molecule has 0 aromatic heterocycles. The zero-order chi connectivity index (χ0) is 20.8. The summed E-state index contributed by atoms with van der Waals surface area (Å²) < 4.78 is 6.01. The van der Waals surface area contributed by atoms with Crippen molar-refractivity contribution in [1.82, 2.24) is 10.2 Å². The van der Waals surface area contributed by atoms with E-state index >= 15 is 0 Å². The summed E-state index contributed by atoms with van der Waals surface area (Å²) in [7, 11) is 0. The molecule has 4 heteroatoms. The number of hydrogen-bond donors (Lipinski definition) is 1. The van der Waals surface area contributed by atoms with Gasteiger partial charge in [-0.2, -0.15) is 0 Å². The summed E-state index contributed by atoms with van der Waals surface area (Å²) in [5.41, 5.74) is 4.70. The van der Waals surface area contributed by atoms with E-state index in [1.807, 2.05) is 13.0 Å². The first kappa shape index (κ1) is 21.4. The number of carbonyl (C=O) groups is 1. The van der Waals surface area contributed by atoms with Crippen LogP contribution in [0.25, 0.3) is 0 Å². The quantitative estimate of drug-likeness (QED) is 0.699. The third-order valence-electron chi connectivity index (χ3n) is 5.56. The van der Waals surface area contributed by atoms with Crippen LogP contribution in [-0.4, -0.2) is 30.0 Å². The molecule has 3 rings (SSSR count). The van der Waals surface area contributed by atoms with Crippen molar-refractivity contribution in [2.45, 2.75) is 65.6 Å². The van der Waals surface area contributed by atoms with Crippen LogP contribution in [0.4, 0.5) is 0 Å². The predicted octanol–water partition coefficient (Wildman–Crippen LogP) is 4.80. The van der Waals surface area contributed by atoms with Crippen molar-refractivity contribution >= 4 is 5.91 Å². The van der Waals surface area contributed by atoms with E-state index in [0.717, 1.165) is 29.0 Å². The molecule has 1 heterocycles. The van der Waals surface area contributed by atoms with Gasteiger partial charge in [0.05, 0.1) is 0 Å². The number of likely N-dealkylation sites (tertiary alicyclic amines) is 1. The van der Waals surface area contributed by atoms with Gasteiger partial charge in [0.25, 0.3) is 5.91 Å². The summed E-state index contributed by atoms with van der Waals surface area (Å²) in [4.78, 5) is 15.0. The van der Waals surface area contributed by atoms with Crippen LogP contribution in [0.3, 0.4) is 0 Å². The van der Waals surface area contributed by atoms with Crippen LogP contribution in [0.15, 0.2) is 42.5 Å². The molecule has 29 heavy (non-hydrogen) atoms. The third kappa shape index (κ3) is 6.07. The van der Waals surface area contributed by atoms with Crippen LogP contribution in [0, 0.1) is 6.92 Å². The first-order valence-electron chi connectivity index (χ1n) is 10.8. The van der Waals surface area contributed by atoms with Crippen molar-refractivity contribution in [1.29, 1.82) is 0 Å². The van der Waals surface area contributed by atoms with E-state index in [1.54, 1.807) is 6.92 Å². The van der Waals surface area contributed by atoms with Crippen LogP contribution in [-0.2, 0) is 17.9 Å². The molecule has 1 fully saturated rings. The van der Waals surface area contributed by atoms with Gasteiger partial charge >= 0.3 is 0 Å². The lowest BCUT2D eigenvalue weighted by Gasteiger charge is -2.19. The Morgan fingerprint density at radius 3 is 2.34 bits per heavy atom. The first-order valence-corrected chi connectivity index (χ1v) is 10.8. The third-order valence-corrected chi connectivity index (χ3v) is 5.56. The lowest BCUT2D eigenvalue weighted by molar-refractivity contribution is -0.127. The Morgan fingerprint density at radius 2 is 1.69 bits per heavy atom. The Hall–Kier alpha value is -2.33. The fourth-order valence-electron chi connectivity index (χ4n) is 3.76. The molecule has 4 nitrogen and oxygen atoms in total. The molecule has 1 aliphatic rings. The molecular formula is C25H34N2O2. The highest BCUT2D eigenvalue weighted by atomic mass is 16.5. The van der Waals surface area contributed by atoms with Gasteiger partial charge in [0.2, 0.25) is 0 Å². The zero-order valence-corrected chi connectivity index (χ0v) is 18.2. The molecule has 1 saturated heterocycles. The summed E-state index contributed by atoms with van der Waals surface area (Å²) in [5, 5.41) is 3.00. The molecule has 1 unspecified atom stereocenters. The van der Waals surface area contributed by atoms with Gasteiger partial charge in [-0.25, -0.2) is 0 Å². The minimum Gasteiger partial charge on any atom is -0.481 e. The number of hydrogen-bond acceptors (Lipinski definition) is 3. The normalized spacial score (nSPS) is 15.5. The molecule has 1 amide bonds. The average Bonchev–Trinajstić information content (AvgIpc) is 3.20. The van der Waals surface area contributed by atoms with Crippen LogP contribution in [0.1, 0.15) is 61.8 Å². The largest absolute Gasteiger partial charge is 0.481 e. The molecule has 1 N–H and O–H groups in total. The van der Waals surface area contributed by atoms with Crippen molar-refractivity contribution in [2.24, 2.45) is 0 Å². The fraction of sp³-hybridized carbons (Fsp3) is 0.480. The molecule has 0 bridgehead atoms. The van der Waals surface area contributed by atoms with E-state index < -0.39 is 6.10 Å². The number of aryl methyl sites for hydroxylation is 1. The van der Waals surface area contributed by atoms with Crippen molar-refractivity contribution < 1.29 is 9.53 Å². The van der Waals surface area contributed by atoms with Crippen molar-refractivity contribution in [3.05, 3.63) is 64.7 Å². The Kier molecular flexibility index (Phi) is 7.32. The lowest BCUT2D eigenvalue weighted by atomic mass is 10.0. The lowest BCUT2D eigenvalue weighted by Crippen LogP contribution is -2.36. The molecule has 0 spiro atoms. The molecule has 1 aliphatic heterocycles. The smallest absolute Gasteiger partial charge is 0.261 e. The van der Waals surface area contributed by atoms with Crippen molar-refractivity contribution in [2.75, 3.05) is 13.1 Å². The SMILES string of the molecule is Cc1ccc(C(C)C)c(OC(C)C(=O)NCc2ccc(CN3CCCC3)cc2)c1. The summed E-state index contributed by atoms with van der Waals surface area (Å²) >= 11 is 0. The van der Waals surface area contributed by atoms with Crippen molar-refractivity contribution in [3.63, 3.8) is 0 Å². The highest BCUT2D eigenvalue weighted by Gasteiger charge is 2.17. The first-order chi connectivity index (χ1) is 13.9. The maximum absolute atomic E-state index is 12.5. The Labute approximate surface area is 175 Å². The van der Waals surface area contributed by atoms with Crippen LogP contribution >= 0.6 is 0 Å². The molecule has 0 aliphatic carbocycles.